The Morgan fingerprint density at radius 2 is 1.96 bits per heavy atom. The molecule has 0 radical (unpaired) electrons. The molecule has 1 amide bonds. The van der Waals surface area contributed by atoms with Gasteiger partial charge in [0.25, 0.3) is 10.0 Å². The molecule has 0 saturated carbocycles. The molecule has 1 aliphatic heterocycles. The monoisotopic (exact) mass is 412 g/mol. The van der Waals surface area contributed by atoms with Gasteiger partial charge in [-0.25, -0.2) is 12.8 Å². The zero-order valence-corrected chi connectivity index (χ0v) is 16.5. The maximum absolute atomic E-state index is 13.8. The van der Waals surface area contributed by atoms with E-state index in [4.69, 9.17) is 4.74 Å². The van der Waals surface area contributed by atoms with Crippen molar-refractivity contribution in [3.8, 4) is 0 Å². The lowest BCUT2D eigenvalue weighted by Crippen LogP contribution is -2.40. The molecule has 6 nitrogen and oxygen atoms in total. The number of amides is 1. The third kappa shape index (κ3) is 4.55. The minimum absolute atomic E-state index is 0.195. The first-order chi connectivity index (χ1) is 12.9. The molecule has 146 valence electrons. The van der Waals surface area contributed by atoms with E-state index in [2.05, 4.69) is 5.32 Å². The number of nitrogens with zero attached hydrogens (tertiary/aromatic N) is 1. The number of halogens is 1. The summed E-state index contributed by atoms with van der Waals surface area (Å²) in [6, 6.07) is 9.40. The zero-order valence-electron chi connectivity index (χ0n) is 14.9. The van der Waals surface area contributed by atoms with Gasteiger partial charge < -0.3 is 10.1 Å². The van der Waals surface area contributed by atoms with Gasteiger partial charge in [-0.2, -0.15) is 4.31 Å². The molecule has 1 atom stereocenters. The van der Waals surface area contributed by atoms with Crippen molar-refractivity contribution in [1.82, 2.24) is 9.62 Å². The molecule has 0 spiro atoms. The van der Waals surface area contributed by atoms with Crippen LogP contribution in [0.5, 0.6) is 0 Å². The Hall–Kier alpha value is -1.81. The number of thiophene rings is 1. The highest BCUT2D eigenvalue weighted by Crippen LogP contribution is 2.26. The first-order valence-electron chi connectivity index (χ1n) is 8.58. The number of morpholine rings is 1. The predicted octanol–water partition coefficient (Wildman–Crippen LogP) is 2.33. The van der Waals surface area contributed by atoms with Crippen molar-refractivity contribution in [3.63, 3.8) is 0 Å². The minimum Gasteiger partial charge on any atom is -0.379 e. The van der Waals surface area contributed by atoms with Gasteiger partial charge in [-0.15, -0.1) is 11.3 Å². The first kappa shape index (κ1) is 19.9. The molecule has 0 aliphatic carbocycles. The first-order valence-corrected chi connectivity index (χ1v) is 10.8. The second kappa shape index (κ2) is 8.47. The lowest BCUT2D eigenvalue weighted by Gasteiger charge is -2.25. The quantitative estimate of drug-likeness (QED) is 0.790. The summed E-state index contributed by atoms with van der Waals surface area (Å²) in [5.41, 5.74) is 0.330. The second-order valence-electron chi connectivity index (χ2n) is 6.20. The topological polar surface area (TPSA) is 75.7 Å². The van der Waals surface area contributed by atoms with E-state index in [1.807, 2.05) is 0 Å². The fourth-order valence-corrected chi connectivity index (χ4v) is 5.66. The number of carbonyl (C=O) groups is 1. The number of hydrogen-bond donors (Lipinski definition) is 1. The lowest BCUT2D eigenvalue weighted by molar-refractivity contribution is -0.122. The molecule has 1 fully saturated rings. The number of ether oxygens (including phenoxy) is 1. The van der Waals surface area contributed by atoms with Crippen molar-refractivity contribution in [3.05, 3.63) is 52.7 Å². The van der Waals surface area contributed by atoms with E-state index < -0.39 is 21.8 Å². The van der Waals surface area contributed by atoms with Crippen LogP contribution in [0.2, 0.25) is 0 Å². The van der Waals surface area contributed by atoms with Crippen LogP contribution < -0.4 is 5.32 Å². The van der Waals surface area contributed by atoms with Crippen molar-refractivity contribution < 1.29 is 22.3 Å². The summed E-state index contributed by atoms with van der Waals surface area (Å²) in [6.45, 7) is 3.29. The standard InChI is InChI=1S/C18H21FN2O4S2/c1-13(15-4-2-3-5-16(15)19)18(22)20-12-14-6-7-17(26-14)27(23,24)21-8-10-25-11-9-21/h2-7,13H,8-12H2,1H3,(H,20,22). The van der Waals surface area contributed by atoms with E-state index in [-0.39, 0.29) is 16.7 Å². The number of carbonyl (C=O) groups excluding carboxylic acids is 1. The Bertz CT molecular complexity index is 908. The number of hydrogen-bond acceptors (Lipinski definition) is 5. The largest absolute Gasteiger partial charge is 0.379 e. The van der Waals surface area contributed by atoms with Gasteiger partial charge in [-0.05, 0) is 30.7 Å². The SMILES string of the molecule is CC(C(=O)NCc1ccc(S(=O)(=O)N2CCOCC2)s1)c1ccccc1F. The molecule has 2 heterocycles. The van der Waals surface area contributed by atoms with Crippen LogP contribution in [0, 0.1) is 5.82 Å². The average Bonchev–Trinajstić information content (AvgIpc) is 3.16. The van der Waals surface area contributed by atoms with Gasteiger partial charge in [0, 0.05) is 18.0 Å². The molecule has 0 bridgehead atoms. The minimum atomic E-state index is -3.54. The Balaban J connectivity index is 1.62. The Kier molecular flexibility index (Phi) is 6.25. The van der Waals surface area contributed by atoms with E-state index in [1.165, 1.54) is 10.4 Å². The second-order valence-corrected chi connectivity index (χ2v) is 9.53. The molecule has 1 unspecified atom stereocenters. The Morgan fingerprint density at radius 3 is 2.67 bits per heavy atom. The van der Waals surface area contributed by atoms with Crippen LogP contribution >= 0.6 is 11.3 Å². The van der Waals surface area contributed by atoms with E-state index in [0.717, 1.165) is 16.2 Å². The average molecular weight is 413 g/mol. The van der Waals surface area contributed by atoms with Gasteiger partial charge in [0.05, 0.1) is 25.7 Å². The molecule has 1 N–H and O–H groups in total. The van der Waals surface area contributed by atoms with Crippen LogP contribution in [0.1, 0.15) is 23.3 Å². The van der Waals surface area contributed by atoms with Crippen LogP contribution in [0.3, 0.4) is 0 Å². The Morgan fingerprint density at radius 1 is 1.26 bits per heavy atom. The summed E-state index contributed by atoms with van der Waals surface area (Å²) in [5, 5.41) is 2.75. The predicted molar refractivity (Wildman–Crippen MR) is 101 cm³/mol. The van der Waals surface area contributed by atoms with E-state index in [0.29, 0.717) is 31.9 Å². The van der Waals surface area contributed by atoms with Crippen LogP contribution in [0.15, 0.2) is 40.6 Å². The smallest absolute Gasteiger partial charge is 0.252 e. The highest BCUT2D eigenvalue weighted by Gasteiger charge is 2.28. The van der Waals surface area contributed by atoms with Crippen molar-refractivity contribution in [2.24, 2.45) is 0 Å². The highest BCUT2D eigenvalue weighted by atomic mass is 32.2. The zero-order chi connectivity index (χ0) is 19.4. The normalized spacial score (nSPS) is 16.8. The molecule has 2 aromatic rings. The molecule has 3 rings (SSSR count). The summed E-state index contributed by atoms with van der Waals surface area (Å²) in [7, 11) is -3.54. The fourth-order valence-electron chi connectivity index (χ4n) is 2.80. The fraction of sp³-hybridized carbons (Fsp3) is 0.389. The van der Waals surface area contributed by atoms with Gasteiger partial charge in [0.1, 0.15) is 10.0 Å². The van der Waals surface area contributed by atoms with Gasteiger partial charge in [0.2, 0.25) is 5.91 Å². The van der Waals surface area contributed by atoms with Crippen molar-refractivity contribution in [2.75, 3.05) is 26.3 Å². The van der Waals surface area contributed by atoms with E-state index in [1.54, 1.807) is 37.3 Å². The summed E-state index contributed by atoms with van der Waals surface area (Å²) >= 11 is 1.13. The molecule has 1 aromatic heterocycles. The summed E-state index contributed by atoms with van der Waals surface area (Å²) in [4.78, 5) is 13.0. The summed E-state index contributed by atoms with van der Waals surface area (Å²) in [5.74, 6) is -1.37. The van der Waals surface area contributed by atoms with Crippen LogP contribution in [0.4, 0.5) is 4.39 Å². The highest BCUT2D eigenvalue weighted by molar-refractivity contribution is 7.91. The Labute approximate surface area is 162 Å². The molecule has 9 heteroatoms. The maximum atomic E-state index is 13.8. The van der Waals surface area contributed by atoms with Gasteiger partial charge in [0.15, 0.2) is 0 Å². The van der Waals surface area contributed by atoms with E-state index in [9.17, 15) is 17.6 Å². The van der Waals surface area contributed by atoms with Gasteiger partial charge in [-0.3, -0.25) is 4.79 Å². The van der Waals surface area contributed by atoms with Crippen molar-refractivity contribution in [1.29, 1.82) is 0 Å². The molecular weight excluding hydrogens is 391 g/mol. The molecule has 27 heavy (non-hydrogen) atoms. The number of sulfonamides is 1. The van der Waals surface area contributed by atoms with Crippen LogP contribution in [0.25, 0.3) is 0 Å². The molecule has 1 aliphatic rings. The third-order valence-corrected chi connectivity index (χ3v) is 7.85. The van der Waals surface area contributed by atoms with Gasteiger partial charge >= 0.3 is 0 Å². The number of nitrogens with one attached hydrogen (secondary N) is 1. The van der Waals surface area contributed by atoms with Gasteiger partial charge in [-0.1, -0.05) is 18.2 Å². The van der Waals surface area contributed by atoms with Crippen molar-refractivity contribution in [2.45, 2.75) is 23.6 Å². The van der Waals surface area contributed by atoms with E-state index >= 15 is 0 Å². The maximum Gasteiger partial charge on any atom is 0.252 e. The molecule has 1 saturated heterocycles. The number of benzene rings is 1. The molecular formula is C18H21FN2O4S2. The summed E-state index contributed by atoms with van der Waals surface area (Å²) in [6.07, 6.45) is 0. The van der Waals surface area contributed by atoms with Crippen LogP contribution in [-0.2, 0) is 26.1 Å². The van der Waals surface area contributed by atoms with Crippen LogP contribution in [-0.4, -0.2) is 44.9 Å². The number of rotatable bonds is 6. The van der Waals surface area contributed by atoms with Crippen molar-refractivity contribution >= 4 is 27.3 Å². The lowest BCUT2D eigenvalue weighted by atomic mass is 10.00. The molecule has 1 aromatic carbocycles. The third-order valence-electron chi connectivity index (χ3n) is 4.40. The summed E-state index contributed by atoms with van der Waals surface area (Å²) < 4.78 is 45.9.